The molecule has 0 aromatic rings. The van der Waals surface area contributed by atoms with Crippen molar-refractivity contribution in [3.63, 3.8) is 0 Å². The second-order valence-electron chi connectivity index (χ2n) is 8.88. The van der Waals surface area contributed by atoms with E-state index in [4.69, 9.17) is 9.84 Å². The van der Waals surface area contributed by atoms with Crippen LogP contribution in [0.5, 0.6) is 0 Å². The third kappa shape index (κ3) is 23.2. The van der Waals surface area contributed by atoms with E-state index in [1.54, 1.807) is 0 Å². The Hall–Kier alpha value is -1.32. The molecule has 0 radical (unpaired) electrons. The summed E-state index contributed by atoms with van der Waals surface area (Å²) in [4.78, 5) is 22.9. The maximum Gasteiger partial charge on any atom is 0.306 e. The summed E-state index contributed by atoms with van der Waals surface area (Å²) in [5.41, 5.74) is 0. The minimum Gasteiger partial charge on any atom is -0.481 e. The van der Waals surface area contributed by atoms with Crippen molar-refractivity contribution in [1.82, 2.24) is 0 Å². The average Bonchev–Trinajstić information content (AvgIpc) is 2.74. The van der Waals surface area contributed by atoms with E-state index >= 15 is 0 Å². The number of carboxylic acids is 1. The number of aliphatic carboxylic acids is 1. The van der Waals surface area contributed by atoms with Crippen molar-refractivity contribution in [1.29, 1.82) is 0 Å². The fraction of sp³-hybridized carbons (Fsp3) is 0.852. The number of esters is 1. The van der Waals surface area contributed by atoms with Crippen molar-refractivity contribution >= 4 is 11.9 Å². The maximum atomic E-state index is 12.3. The molecule has 0 heterocycles. The van der Waals surface area contributed by atoms with Gasteiger partial charge in [0.05, 0.1) is 0 Å². The molecule has 0 saturated heterocycles. The van der Waals surface area contributed by atoms with E-state index in [2.05, 4.69) is 26.0 Å². The minimum absolute atomic E-state index is 0.0722. The smallest absolute Gasteiger partial charge is 0.306 e. The molecule has 0 fully saturated rings. The molecule has 0 aromatic heterocycles. The fourth-order valence-electron chi connectivity index (χ4n) is 3.74. The Kier molecular flexibility index (Phi) is 22.4. The molecule has 0 spiro atoms. The van der Waals surface area contributed by atoms with Gasteiger partial charge < -0.3 is 9.84 Å². The first-order chi connectivity index (χ1) is 15.1. The first-order valence-electron chi connectivity index (χ1n) is 13.2. The van der Waals surface area contributed by atoms with Crippen molar-refractivity contribution in [3.8, 4) is 0 Å². The fourth-order valence-corrected chi connectivity index (χ4v) is 3.74. The van der Waals surface area contributed by atoms with Gasteiger partial charge >= 0.3 is 11.9 Å². The lowest BCUT2D eigenvalue weighted by atomic mass is 10.1. The first-order valence-corrected chi connectivity index (χ1v) is 13.2. The first kappa shape index (κ1) is 29.7. The molecule has 0 bridgehead atoms. The number of unbranched alkanes of at least 4 members (excludes halogenated alkanes) is 14. The highest BCUT2D eigenvalue weighted by Crippen LogP contribution is 2.14. The van der Waals surface area contributed by atoms with Crippen LogP contribution in [0.1, 0.15) is 142 Å². The summed E-state index contributed by atoms with van der Waals surface area (Å²) in [6.45, 7) is 4.45. The normalized spacial score (nSPS) is 12.3. The van der Waals surface area contributed by atoms with Crippen molar-refractivity contribution in [2.24, 2.45) is 0 Å². The third-order valence-corrected chi connectivity index (χ3v) is 5.72. The predicted octanol–water partition coefficient (Wildman–Crippen LogP) is 8.38. The maximum absolute atomic E-state index is 12.3. The molecule has 1 N–H and O–H groups in total. The number of allylic oxidation sites excluding steroid dienone is 1. The molecule has 31 heavy (non-hydrogen) atoms. The molecule has 0 amide bonds. The van der Waals surface area contributed by atoms with Crippen molar-refractivity contribution in [3.05, 3.63) is 12.2 Å². The molecule has 0 aliphatic heterocycles. The summed E-state index contributed by atoms with van der Waals surface area (Å²) < 4.78 is 5.77. The molecule has 0 aliphatic rings. The highest BCUT2D eigenvalue weighted by molar-refractivity contribution is 5.69. The van der Waals surface area contributed by atoms with E-state index in [-0.39, 0.29) is 18.5 Å². The largest absolute Gasteiger partial charge is 0.481 e. The molecular formula is C27H50O4. The van der Waals surface area contributed by atoms with Gasteiger partial charge in [-0.1, -0.05) is 97.0 Å². The van der Waals surface area contributed by atoms with E-state index in [9.17, 15) is 9.59 Å². The number of hydrogen-bond donors (Lipinski definition) is 1. The summed E-state index contributed by atoms with van der Waals surface area (Å²) in [5, 5.41) is 8.72. The van der Waals surface area contributed by atoms with Crippen LogP contribution in [-0.2, 0) is 14.3 Å². The van der Waals surface area contributed by atoms with E-state index in [0.29, 0.717) is 6.42 Å². The monoisotopic (exact) mass is 438 g/mol. The minimum atomic E-state index is -0.723. The van der Waals surface area contributed by atoms with Gasteiger partial charge in [0.1, 0.15) is 6.10 Å². The van der Waals surface area contributed by atoms with Crippen LogP contribution in [0.3, 0.4) is 0 Å². The number of carboxylic acid groups (broad SMARTS) is 1. The summed E-state index contributed by atoms with van der Waals surface area (Å²) in [7, 11) is 0. The molecule has 182 valence electrons. The molecular weight excluding hydrogens is 388 g/mol. The number of hydrogen-bond acceptors (Lipinski definition) is 3. The lowest BCUT2D eigenvalue weighted by Crippen LogP contribution is -2.16. The average molecular weight is 439 g/mol. The van der Waals surface area contributed by atoms with Crippen LogP contribution in [-0.4, -0.2) is 23.1 Å². The number of ether oxygens (including phenoxy) is 1. The van der Waals surface area contributed by atoms with E-state index in [0.717, 1.165) is 51.4 Å². The number of carbonyl (C=O) groups is 2. The zero-order valence-electron chi connectivity index (χ0n) is 20.5. The van der Waals surface area contributed by atoms with Gasteiger partial charge in [-0.05, 0) is 44.6 Å². The Morgan fingerprint density at radius 1 is 0.710 bits per heavy atom. The van der Waals surface area contributed by atoms with E-state index in [1.807, 2.05) is 0 Å². The lowest BCUT2D eigenvalue weighted by molar-refractivity contribution is -0.147. The Bertz CT molecular complexity index is 445. The Balaban J connectivity index is 4.16. The van der Waals surface area contributed by atoms with Gasteiger partial charge in [-0.25, -0.2) is 0 Å². The van der Waals surface area contributed by atoms with Crippen LogP contribution in [0.15, 0.2) is 12.2 Å². The highest BCUT2D eigenvalue weighted by atomic mass is 16.5. The van der Waals surface area contributed by atoms with Crippen LogP contribution in [0, 0.1) is 0 Å². The van der Waals surface area contributed by atoms with Crippen molar-refractivity contribution in [2.45, 2.75) is 148 Å². The quantitative estimate of drug-likeness (QED) is 0.0988. The van der Waals surface area contributed by atoms with Crippen molar-refractivity contribution in [2.75, 3.05) is 0 Å². The standard InChI is InChI=1S/C27H50O4/c1-3-5-7-9-11-13-17-21-25(22-18-15-16-19-23-26(28)29)31-27(30)24-20-14-12-10-8-6-4-2/h17,21,25H,3-16,18-20,22-24H2,1-2H3,(H,28,29)/b21-17-. The molecule has 0 rings (SSSR count). The Morgan fingerprint density at radius 2 is 1.23 bits per heavy atom. The van der Waals surface area contributed by atoms with Crippen molar-refractivity contribution < 1.29 is 19.4 Å². The third-order valence-electron chi connectivity index (χ3n) is 5.72. The summed E-state index contributed by atoms with van der Waals surface area (Å²) in [5.74, 6) is -0.795. The van der Waals surface area contributed by atoms with Crippen LogP contribution in [0.2, 0.25) is 0 Å². The van der Waals surface area contributed by atoms with Crippen LogP contribution in [0.25, 0.3) is 0 Å². The number of carbonyl (C=O) groups excluding carboxylic acids is 1. The van der Waals surface area contributed by atoms with Gasteiger partial charge in [-0.3, -0.25) is 9.59 Å². The zero-order chi connectivity index (χ0) is 23.0. The van der Waals surface area contributed by atoms with Gasteiger partial charge in [0.2, 0.25) is 0 Å². The summed E-state index contributed by atoms with van der Waals surface area (Å²) in [6.07, 6.45) is 25.1. The van der Waals surface area contributed by atoms with Gasteiger partial charge in [0, 0.05) is 12.8 Å². The topological polar surface area (TPSA) is 63.6 Å². The van der Waals surface area contributed by atoms with Crippen LogP contribution in [0.4, 0.5) is 0 Å². The predicted molar refractivity (Wildman–Crippen MR) is 130 cm³/mol. The molecule has 1 unspecified atom stereocenters. The summed E-state index contributed by atoms with van der Waals surface area (Å²) in [6, 6.07) is 0. The van der Waals surface area contributed by atoms with Gasteiger partial charge in [-0.2, -0.15) is 0 Å². The van der Waals surface area contributed by atoms with E-state index < -0.39 is 5.97 Å². The van der Waals surface area contributed by atoms with Gasteiger partial charge in [0.25, 0.3) is 0 Å². The zero-order valence-corrected chi connectivity index (χ0v) is 20.5. The van der Waals surface area contributed by atoms with Gasteiger partial charge in [-0.15, -0.1) is 0 Å². The second-order valence-corrected chi connectivity index (χ2v) is 8.88. The Morgan fingerprint density at radius 3 is 1.84 bits per heavy atom. The Labute approximate surface area is 192 Å². The molecule has 1 atom stereocenters. The molecule has 0 aliphatic carbocycles. The van der Waals surface area contributed by atoms with E-state index in [1.165, 1.54) is 64.2 Å². The highest BCUT2D eigenvalue weighted by Gasteiger charge is 2.11. The second kappa shape index (κ2) is 23.3. The van der Waals surface area contributed by atoms with Crippen LogP contribution < -0.4 is 0 Å². The summed E-state index contributed by atoms with van der Waals surface area (Å²) >= 11 is 0. The molecule has 4 heteroatoms. The molecule has 0 saturated carbocycles. The number of rotatable bonds is 23. The molecule has 4 nitrogen and oxygen atoms in total. The van der Waals surface area contributed by atoms with Crippen LogP contribution >= 0.6 is 0 Å². The molecule has 0 aromatic carbocycles. The SMILES string of the molecule is CCCCCCC/C=C\C(CCCCCCC(=O)O)OC(=O)CCCCCCCCC. The van der Waals surface area contributed by atoms with Gasteiger partial charge in [0.15, 0.2) is 0 Å². The lowest BCUT2D eigenvalue weighted by Gasteiger charge is -2.15.